The largest absolute Gasteiger partial charge is 0.393 e. The summed E-state index contributed by atoms with van der Waals surface area (Å²) in [5.74, 6) is 2.23. The second kappa shape index (κ2) is 5.96. The van der Waals surface area contributed by atoms with Gasteiger partial charge in [-0.05, 0) is 37.9 Å². The van der Waals surface area contributed by atoms with Crippen molar-refractivity contribution >= 4 is 17.8 Å². The molecule has 0 aromatic rings. The van der Waals surface area contributed by atoms with Crippen LogP contribution in [-0.2, 0) is 0 Å². The van der Waals surface area contributed by atoms with Crippen LogP contribution in [-0.4, -0.2) is 52.8 Å². The summed E-state index contributed by atoms with van der Waals surface area (Å²) < 4.78 is 0. The number of amides is 2. The highest BCUT2D eigenvalue weighted by Gasteiger charge is 2.26. The molecule has 2 amide bonds. The second-order valence-electron chi connectivity index (χ2n) is 5.08. The number of carbonyl (C=O) groups is 1. The van der Waals surface area contributed by atoms with Crippen molar-refractivity contribution in [3.05, 3.63) is 0 Å². The Morgan fingerprint density at radius 3 is 2.59 bits per heavy atom. The summed E-state index contributed by atoms with van der Waals surface area (Å²) >= 11 is 1.92. The van der Waals surface area contributed by atoms with Crippen LogP contribution in [0.2, 0.25) is 0 Å². The monoisotopic (exact) mass is 258 g/mol. The maximum Gasteiger partial charge on any atom is 0.317 e. The Morgan fingerprint density at radius 2 is 2.00 bits per heavy atom. The zero-order valence-electron chi connectivity index (χ0n) is 10.4. The molecule has 5 heteroatoms. The van der Waals surface area contributed by atoms with Crippen molar-refractivity contribution in [3.63, 3.8) is 0 Å². The third-order valence-corrected chi connectivity index (χ3v) is 4.94. The van der Waals surface area contributed by atoms with Crippen molar-refractivity contribution < 1.29 is 9.90 Å². The van der Waals surface area contributed by atoms with E-state index in [0.29, 0.717) is 6.04 Å². The number of nitrogens with one attached hydrogen (secondary N) is 1. The minimum Gasteiger partial charge on any atom is -0.393 e. The maximum absolute atomic E-state index is 12.0. The zero-order valence-corrected chi connectivity index (χ0v) is 11.2. The van der Waals surface area contributed by atoms with Crippen molar-refractivity contribution in [1.82, 2.24) is 10.2 Å². The first-order chi connectivity index (χ1) is 8.16. The van der Waals surface area contributed by atoms with Gasteiger partial charge in [-0.15, -0.1) is 0 Å². The Labute approximate surface area is 107 Å². The van der Waals surface area contributed by atoms with Crippen molar-refractivity contribution in [2.75, 3.05) is 18.6 Å². The van der Waals surface area contributed by atoms with E-state index in [9.17, 15) is 9.90 Å². The number of rotatable bonds is 2. The van der Waals surface area contributed by atoms with Crippen LogP contribution < -0.4 is 5.32 Å². The molecule has 2 aliphatic rings. The molecular formula is C12H22N2O2S. The lowest BCUT2D eigenvalue weighted by Crippen LogP contribution is -2.48. The average molecular weight is 258 g/mol. The summed E-state index contributed by atoms with van der Waals surface area (Å²) in [7, 11) is 1.89. The molecule has 0 spiro atoms. The molecule has 1 atom stereocenters. The van der Waals surface area contributed by atoms with Crippen LogP contribution in [0.1, 0.15) is 32.1 Å². The van der Waals surface area contributed by atoms with Gasteiger partial charge in [-0.1, -0.05) is 0 Å². The highest BCUT2D eigenvalue weighted by atomic mass is 32.2. The van der Waals surface area contributed by atoms with E-state index in [-0.39, 0.29) is 18.2 Å². The van der Waals surface area contributed by atoms with E-state index in [1.54, 1.807) is 0 Å². The van der Waals surface area contributed by atoms with E-state index >= 15 is 0 Å². The van der Waals surface area contributed by atoms with Gasteiger partial charge in [0.05, 0.1) is 6.10 Å². The SMILES string of the molecule is CN(C(=O)NC1CCC(O)CC1)C1CCSC1. The molecule has 1 saturated heterocycles. The third-order valence-electron chi connectivity index (χ3n) is 3.80. The normalized spacial score (nSPS) is 33.4. The van der Waals surface area contributed by atoms with Gasteiger partial charge in [0.25, 0.3) is 0 Å². The number of urea groups is 1. The van der Waals surface area contributed by atoms with Crippen molar-refractivity contribution in [2.24, 2.45) is 0 Å². The van der Waals surface area contributed by atoms with Crippen molar-refractivity contribution in [2.45, 2.75) is 50.3 Å². The number of hydrogen-bond acceptors (Lipinski definition) is 3. The standard InChI is InChI=1S/C12H22N2O2S/c1-14(10-6-7-17-8-10)12(16)13-9-2-4-11(15)5-3-9/h9-11,15H,2-8H2,1H3,(H,13,16). The Morgan fingerprint density at radius 1 is 1.29 bits per heavy atom. The summed E-state index contributed by atoms with van der Waals surface area (Å²) in [4.78, 5) is 13.9. The highest BCUT2D eigenvalue weighted by molar-refractivity contribution is 7.99. The predicted octanol–water partition coefficient (Wildman–Crippen LogP) is 1.44. The van der Waals surface area contributed by atoms with Crippen LogP contribution in [0.25, 0.3) is 0 Å². The Bertz CT molecular complexity index is 261. The smallest absolute Gasteiger partial charge is 0.317 e. The molecule has 2 rings (SSSR count). The molecule has 0 bridgehead atoms. The molecule has 0 radical (unpaired) electrons. The fourth-order valence-electron chi connectivity index (χ4n) is 2.49. The lowest BCUT2D eigenvalue weighted by Gasteiger charge is -2.30. The third kappa shape index (κ3) is 3.52. The lowest BCUT2D eigenvalue weighted by atomic mass is 9.93. The molecule has 98 valence electrons. The summed E-state index contributed by atoms with van der Waals surface area (Å²) in [5, 5.41) is 12.5. The number of thioether (sulfide) groups is 1. The van der Waals surface area contributed by atoms with Gasteiger partial charge in [0.1, 0.15) is 0 Å². The molecule has 1 aliphatic carbocycles. The first kappa shape index (κ1) is 13.0. The van der Waals surface area contributed by atoms with Crippen molar-refractivity contribution in [1.29, 1.82) is 0 Å². The quantitative estimate of drug-likeness (QED) is 0.788. The second-order valence-corrected chi connectivity index (χ2v) is 6.23. The molecule has 1 unspecified atom stereocenters. The zero-order chi connectivity index (χ0) is 12.3. The number of hydrogen-bond donors (Lipinski definition) is 2. The van der Waals surface area contributed by atoms with Gasteiger partial charge in [-0.25, -0.2) is 4.79 Å². The van der Waals surface area contributed by atoms with E-state index in [1.165, 1.54) is 0 Å². The van der Waals surface area contributed by atoms with Crippen LogP contribution in [0.3, 0.4) is 0 Å². The predicted molar refractivity (Wildman–Crippen MR) is 70.3 cm³/mol. The minimum absolute atomic E-state index is 0.0545. The lowest BCUT2D eigenvalue weighted by molar-refractivity contribution is 0.115. The van der Waals surface area contributed by atoms with Crippen LogP contribution in [0, 0.1) is 0 Å². The number of aliphatic hydroxyl groups is 1. The molecule has 1 heterocycles. The number of carbonyl (C=O) groups excluding carboxylic acids is 1. The van der Waals surface area contributed by atoms with E-state index in [4.69, 9.17) is 0 Å². The van der Waals surface area contributed by atoms with Gasteiger partial charge in [0.2, 0.25) is 0 Å². The minimum atomic E-state index is -0.160. The Kier molecular flexibility index (Phi) is 4.56. The average Bonchev–Trinajstić information content (AvgIpc) is 2.84. The van der Waals surface area contributed by atoms with E-state index < -0.39 is 0 Å². The van der Waals surface area contributed by atoms with Gasteiger partial charge in [-0.3, -0.25) is 0 Å². The molecule has 2 N–H and O–H groups in total. The molecule has 1 saturated carbocycles. The molecule has 17 heavy (non-hydrogen) atoms. The first-order valence-electron chi connectivity index (χ1n) is 6.46. The molecule has 1 aliphatic heterocycles. The van der Waals surface area contributed by atoms with Gasteiger partial charge in [-0.2, -0.15) is 11.8 Å². The van der Waals surface area contributed by atoms with E-state index in [1.807, 2.05) is 23.7 Å². The topological polar surface area (TPSA) is 52.6 Å². The summed E-state index contributed by atoms with van der Waals surface area (Å²) in [5.41, 5.74) is 0. The summed E-state index contributed by atoms with van der Waals surface area (Å²) in [6.07, 6.45) is 4.38. The fourth-order valence-corrected chi connectivity index (χ4v) is 3.76. The maximum atomic E-state index is 12.0. The highest BCUT2D eigenvalue weighted by Crippen LogP contribution is 2.22. The van der Waals surface area contributed by atoms with Crippen LogP contribution in [0.5, 0.6) is 0 Å². The first-order valence-corrected chi connectivity index (χ1v) is 7.61. The number of nitrogens with zero attached hydrogens (tertiary/aromatic N) is 1. The number of aliphatic hydroxyl groups excluding tert-OH is 1. The van der Waals surface area contributed by atoms with Crippen molar-refractivity contribution in [3.8, 4) is 0 Å². The van der Waals surface area contributed by atoms with Crippen LogP contribution >= 0.6 is 11.8 Å². The van der Waals surface area contributed by atoms with E-state index in [0.717, 1.165) is 43.6 Å². The molecule has 2 fully saturated rings. The fraction of sp³-hybridized carbons (Fsp3) is 0.917. The van der Waals surface area contributed by atoms with E-state index in [2.05, 4.69) is 5.32 Å². The molecular weight excluding hydrogens is 236 g/mol. The van der Waals surface area contributed by atoms with Gasteiger partial charge >= 0.3 is 6.03 Å². The Balaban J connectivity index is 1.76. The summed E-state index contributed by atoms with van der Waals surface area (Å²) in [6, 6.07) is 0.704. The van der Waals surface area contributed by atoms with Gasteiger partial charge in [0.15, 0.2) is 0 Å². The van der Waals surface area contributed by atoms with Gasteiger partial charge in [0, 0.05) is 24.9 Å². The van der Waals surface area contributed by atoms with Crippen LogP contribution in [0.15, 0.2) is 0 Å². The molecule has 4 nitrogen and oxygen atoms in total. The summed E-state index contributed by atoms with van der Waals surface area (Å²) in [6.45, 7) is 0. The molecule has 0 aromatic carbocycles. The van der Waals surface area contributed by atoms with Crippen LogP contribution in [0.4, 0.5) is 4.79 Å². The molecule has 0 aromatic heterocycles. The Hall–Kier alpha value is -0.420. The van der Waals surface area contributed by atoms with Gasteiger partial charge < -0.3 is 15.3 Å².